The van der Waals surface area contributed by atoms with E-state index in [1.807, 2.05) is 25.1 Å². The summed E-state index contributed by atoms with van der Waals surface area (Å²) in [7, 11) is 0. The van der Waals surface area contributed by atoms with Crippen LogP contribution in [0.5, 0.6) is 0 Å². The van der Waals surface area contributed by atoms with Crippen LogP contribution in [0.2, 0.25) is 5.02 Å². The first-order chi connectivity index (χ1) is 9.19. The quantitative estimate of drug-likeness (QED) is 0.815. The zero-order valence-electron chi connectivity index (χ0n) is 11.1. The molecular formula is C15H18ClN3. The lowest BCUT2D eigenvalue weighted by Gasteiger charge is -2.08. The Morgan fingerprint density at radius 3 is 2.79 bits per heavy atom. The highest BCUT2D eigenvalue weighted by Gasteiger charge is 2.04. The molecule has 4 heteroatoms. The van der Waals surface area contributed by atoms with Crippen LogP contribution in [0.3, 0.4) is 0 Å². The van der Waals surface area contributed by atoms with Crippen LogP contribution in [0.1, 0.15) is 11.3 Å². The van der Waals surface area contributed by atoms with Crippen LogP contribution in [-0.2, 0) is 13.0 Å². The van der Waals surface area contributed by atoms with Gasteiger partial charge in [0, 0.05) is 24.3 Å². The highest BCUT2D eigenvalue weighted by atomic mass is 35.5. The zero-order valence-corrected chi connectivity index (χ0v) is 11.8. The molecule has 0 spiro atoms. The van der Waals surface area contributed by atoms with Crippen molar-refractivity contribution in [3.05, 3.63) is 59.4 Å². The van der Waals surface area contributed by atoms with Crippen molar-refractivity contribution in [1.29, 1.82) is 0 Å². The second-order valence-electron chi connectivity index (χ2n) is 4.45. The fourth-order valence-corrected chi connectivity index (χ4v) is 2.05. The highest BCUT2D eigenvalue weighted by Crippen LogP contribution is 2.13. The molecule has 0 unspecified atom stereocenters. The fraction of sp³-hybridized carbons (Fsp3) is 0.267. The van der Waals surface area contributed by atoms with E-state index in [2.05, 4.69) is 39.8 Å². The molecule has 100 valence electrons. The fourth-order valence-electron chi connectivity index (χ4n) is 1.92. The number of anilines is 1. The molecule has 0 saturated carbocycles. The van der Waals surface area contributed by atoms with Gasteiger partial charge in [-0.2, -0.15) is 0 Å². The first-order valence-electron chi connectivity index (χ1n) is 6.32. The van der Waals surface area contributed by atoms with E-state index in [4.69, 9.17) is 11.6 Å². The van der Waals surface area contributed by atoms with Gasteiger partial charge in [0.05, 0.1) is 5.69 Å². The third-order valence-electron chi connectivity index (χ3n) is 2.86. The van der Waals surface area contributed by atoms with E-state index >= 15 is 0 Å². The molecule has 0 atom stereocenters. The third-order valence-corrected chi connectivity index (χ3v) is 3.11. The summed E-state index contributed by atoms with van der Waals surface area (Å²) < 4.78 is 2.13. The van der Waals surface area contributed by atoms with Gasteiger partial charge in [-0.25, -0.2) is 4.98 Å². The maximum Gasteiger partial charge on any atom is 0.203 e. The van der Waals surface area contributed by atoms with E-state index in [9.17, 15) is 0 Å². The Hall–Kier alpha value is -1.74. The molecule has 0 aliphatic rings. The summed E-state index contributed by atoms with van der Waals surface area (Å²) in [6, 6.07) is 7.96. The predicted molar refractivity (Wildman–Crippen MR) is 80.8 cm³/mol. The molecule has 3 nitrogen and oxygen atoms in total. The van der Waals surface area contributed by atoms with Gasteiger partial charge in [-0.3, -0.25) is 0 Å². The number of hydrogen-bond acceptors (Lipinski definition) is 2. The standard InChI is InChI=1S/C15H18ClN3/c1-3-9-17-15-18-12(2)11-19(15)10-8-13-4-6-14(16)7-5-13/h3-7,11H,1,8-10H2,2H3,(H,17,18). The van der Waals surface area contributed by atoms with E-state index in [1.54, 1.807) is 0 Å². The number of rotatable bonds is 6. The smallest absolute Gasteiger partial charge is 0.203 e. The number of halogens is 1. The molecule has 1 aromatic heterocycles. The van der Waals surface area contributed by atoms with Crippen LogP contribution < -0.4 is 5.32 Å². The zero-order chi connectivity index (χ0) is 13.7. The molecule has 1 aromatic carbocycles. The van der Waals surface area contributed by atoms with Crippen LogP contribution in [0.25, 0.3) is 0 Å². The Labute approximate surface area is 118 Å². The molecule has 0 amide bonds. The topological polar surface area (TPSA) is 29.9 Å². The van der Waals surface area contributed by atoms with Crippen molar-refractivity contribution in [2.75, 3.05) is 11.9 Å². The molecule has 0 radical (unpaired) electrons. The SMILES string of the molecule is C=CCNc1nc(C)cn1CCc1ccc(Cl)cc1. The van der Waals surface area contributed by atoms with Crippen molar-refractivity contribution in [2.24, 2.45) is 0 Å². The van der Waals surface area contributed by atoms with Gasteiger partial charge in [0.1, 0.15) is 0 Å². The number of nitrogens with zero attached hydrogens (tertiary/aromatic N) is 2. The predicted octanol–water partition coefficient (Wildman–Crippen LogP) is 3.69. The monoisotopic (exact) mass is 275 g/mol. The van der Waals surface area contributed by atoms with Gasteiger partial charge >= 0.3 is 0 Å². The first-order valence-corrected chi connectivity index (χ1v) is 6.70. The number of nitrogens with one attached hydrogen (secondary N) is 1. The van der Waals surface area contributed by atoms with Gasteiger partial charge in [0.2, 0.25) is 5.95 Å². The number of aromatic nitrogens is 2. The molecule has 0 bridgehead atoms. The minimum atomic E-state index is 0.720. The lowest BCUT2D eigenvalue weighted by molar-refractivity contribution is 0.701. The molecule has 0 aliphatic heterocycles. The summed E-state index contributed by atoms with van der Waals surface area (Å²) in [6.45, 7) is 7.31. The van der Waals surface area contributed by atoms with Gasteiger partial charge < -0.3 is 9.88 Å². The maximum absolute atomic E-state index is 5.88. The maximum atomic E-state index is 5.88. The Balaban J connectivity index is 2.02. The molecule has 0 saturated heterocycles. The van der Waals surface area contributed by atoms with E-state index < -0.39 is 0 Å². The molecule has 0 fully saturated rings. The van der Waals surface area contributed by atoms with Gasteiger partial charge in [-0.15, -0.1) is 6.58 Å². The number of aryl methyl sites for hydroxylation is 3. The summed E-state index contributed by atoms with van der Waals surface area (Å²) in [5.41, 5.74) is 2.29. The number of benzene rings is 1. The van der Waals surface area contributed by atoms with Crippen molar-refractivity contribution in [3.8, 4) is 0 Å². The second kappa shape index (κ2) is 6.43. The largest absolute Gasteiger partial charge is 0.352 e. The second-order valence-corrected chi connectivity index (χ2v) is 4.88. The molecule has 1 N–H and O–H groups in total. The Morgan fingerprint density at radius 2 is 2.11 bits per heavy atom. The number of imidazole rings is 1. The van der Waals surface area contributed by atoms with Gasteiger partial charge in [-0.1, -0.05) is 29.8 Å². The molecule has 2 rings (SSSR count). The summed E-state index contributed by atoms with van der Waals surface area (Å²) in [5.74, 6) is 0.895. The minimum absolute atomic E-state index is 0.720. The lowest BCUT2D eigenvalue weighted by atomic mass is 10.1. The van der Waals surface area contributed by atoms with Crippen molar-refractivity contribution in [2.45, 2.75) is 19.9 Å². The summed E-state index contributed by atoms with van der Waals surface area (Å²) in [6.07, 6.45) is 4.84. The van der Waals surface area contributed by atoms with Crippen LogP contribution in [0, 0.1) is 6.92 Å². The molecule has 1 heterocycles. The lowest BCUT2D eigenvalue weighted by Crippen LogP contribution is -2.08. The number of hydrogen-bond donors (Lipinski definition) is 1. The van der Waals surface area contributed by atoms with E-state index in [0.717, 1.165) is 36.2 Å². The molecule has 0 aliphatic carbocycles. The van der Waals surface area contributed by atoms with Gasteiger partial charge in [-0.05, 0) is 31.0 Å². The average molecular weight is 276 g/mol. The van der Waals surface area contributed by atoms with Crippen molar-refractivity contribution in [1.82, 2.24) is 9.55 Å². The molecule has 19 heavy (non-hydrogen) atoms. The summed E-state index contributed by atoms with van der Waals surface area (Å²) >= 11 is 5.88. The first kappa shape index (κ1) is 13.7. The molecular weight excluding hydrogens is 258 g/mol. The normalized spacial score (nSPS) is 10.4. The van der Waals surface area contributed by atoms with E-state index in [0.29, 0.717) is 0 Å². The van der Waals surface area contributed by atoms with Crippen molar-refractivity contribution in [3.63, 3.8) is 0 Å². The van der Waals surface area contributed by atoms with Crippen molar-refractivity contribution < 1.29 is 0 Å². The summed E-state index contributed by atoms with van der Waals surface area (Å²) in [5, 5.41) is 4.02. The van der Waals surface area contributed by atoms with Crippen LogP contribution >= 0.6 is 11.6 Å². The third kappa shape index (κ3) is 3.86. The van der Waals surface area contributed by atoms with E-state index in [-0.39, 0.29) is 0 Å². The van der Waals surface area contributed by atoms with Gasteiger partial charge in [0.25, 0.3) is 0 Å². The van der Waals surface area contributed by atoms with Crippen molar-refractivity contribution >= 4 is 17.5 Å². The molecule has 2 aromatic rings. The van der Waals surface area contributed by atoms with Crippen LogP contribution in [-0.4, -0.2) is 16.1 Å². The highest BCUT2D eigenvalue weighted by molar-refractivity contribution is 6.30. The van der Waals surface area contributed by atoms with E-state index in [1.165, 1.54) is 5.56 Å². The Bertz CT molecular complexity index is 543. The van der Waals surface area contributed by atoms with Crippen LogP contribution in [0.4, 0.5) is 5.95 Å². The Morgan fingerprint density at radius 1 is 1.37 bits per heavy atom. The minimum Gasteiger partial charge on any atom is -0.352 e. The summed E-state index contributed by atoms with van der Waals surface area (Å²) in [4.78, 5) is 4.46. The van der Waals surface area contributed by atoms with Gasteiger partial charge in [0.15, 0.2) is 0 Å². The Kier molecular flexibility index (Phi) is 4.63. The van der Waals surface area contributed by atoms with Crippen LogP contribution in [0.15, 0.2) is 43.1 Å². The average Bonchev–Trinajstić information content (AvgIpc) is 2.76.